The molecule has 0 aliphatic heterocycles. The largest absolute Gasteiger partial charge is 0.396 e. The van der Waals surface area contributed by atoms with Crippen LogP contribution in [-0.4, -0.2) is 33.4 Å². The quantitative estimate of drug-likeness (QED) is 0.796. The summed E-state index contributed by atoms with van der Waals surface area (Å²) >= 11 is 0. The van der Waals surface area contributed by atoms with Crippen LogP contribution in [0.1, 0.15) is 37.0 Å². The number of aliphatic hydroxyl groups is 1. The molecule has 0 saturated heterocycles. The van der Waals surface area contributed by atoms with Crippen molar-refractivity contribution in [2.45, 2.75) is 33.2 Å². The highest BCUT2D eigenvalue weighted by atomic mass is 16.3. The van der Waals surface area contributed by atoms with E-state index in [1.807, 2.05) is 20.8 Å². The first-order valence-corrected chi connectivity index (χ1v) is 5.94. The number of nitrogens with zero attached hydrogens (tertiary/aromatic N) is 2. The summed E-state index contributed by atoms with van der Waals surface area (Å²) in [4.78, 5) is 12.0. The minimum absolute atomic E-state index is 0.0397. The zero-order chi connectivity index (χ0) is 13.0. The maximum Gasteiger partial charge on any atom is 0.269 e. The Bertz CT molecular complexity index is 387. The van der Waals surface area contributed by atoms with Crippen LogP contribution in [0.15, 0.2) is 6.07 Å². The van der Waals surface area contributed by atoms with Crippen molar-refractivity contribution in [3.05, 3.63) is 17.5 Å². The second-order valence-corrected chi connectivity index (χ2v) is 4.42. The molecule has 0 saturated carbocycles. The minimum atomic E-state index is -0.146. The fraction of sp³-hybridized carbons (Fsp3) is 0.667. The number of nitrogens with one attached hydrogen (secondary N) is 1. The molecule has 1 aromatic heterocycles. The topological polar surface area (TPSA) is 67.2 Å². The predicted molar refractivity (Wildman–Crippen MR) is 65.8 cm³/mol. The van der Waals surface area contributed by atoms with Crippen LogP contribution in [0, 0.1) is 5.92 Å². The van der Waals surface area contributed by atoms with Gasteiger partial charge in [-0.3, -0.25) is 9.48 Å². The van der Waals surface area contributed by atoms with Gasteiger partial charge in [-0.15, -0.1) is 0 Å². The number of carbonyl (C=O) groups excluding carboxylic acids is 1. The van der Waals surface area contributed by atoms with Gasteiger partial charge in [0.2, 0.25) is 0 Å². The van der Waals surface area contributed by atoms with Gasteiger partial charge in [-0.25, -0.2) is 0 Å². The Balaban J connectivity index is 2.72. The molecule has 17 heavy (non-hydrogen) atoms. The van der Waals surface area contributed by atoms with Crippen LogP contribution in [-0.2, 0) is 13.5 Å². The lowest BCUT2D eigenvalue weighted by Crippen LogP contribution is -2.39. The monoisotopic (exact) mass is 239 g/mol. The van der Waals surface area contributed by atoms with Gasteiger partial charge in [0.05, 0.1) is 5.69 Å². The van der Waals surface area contributed by atoms with E-state index in [1.54, 1.807) is 17.8 Å². The Hall–Kier alpha value is -1.36. The Morgan fingerprint density at radius 3 is 2.71 bits per heavy atom. The van der Waals surface area contributed by atoms with Crippen LogP contribution in [0.2, 0.25) is 0 Å². The smallest absolute Gasteiger partial charge is 0.269 e. The van der Waals surface area contributed by atoms with E-state index in [2.05, 4.69) is 10.4 Å². The highest BCUT2D eigenvalue weighted by Crippen LogP contribution is 2.06. The van der Waals surface area contributed by atoms with Gasteiger partial charge in [0.25, 0.3) is 5.91 Å². The third-order valence-electron chi connectivity index (χ3n) is 3.03. The lowest BCUT2D eigenvalue weighted by molar-refractivity contribution is 0.0906. The molecule has 1 heterocycles. The van der Waals surface area contributed by atoms with Crippen molar-refractivity contribution in [3.63, 3.8) is 0 Å². The van der Waals surface area contributed by atoms with Gasteiger partial charge in [-0.2, -0.15) is 5.10 Å². The van der Waals surface area contributed by atoms with Crippen LogP contribution >= 0.6 is 0 Å². The first-order chi connectivity index (χ1) is 7.99. The number of amides is 1. The van der Waals surface area contributed by atoms with E-state index >= 15 is 0 Å². The number of hydrogen-bond donors (Lipinski definition) is 2. The average molecular weight is 239 g/mol. The van der Waals surface area contributed by atoms with E-state index in [9.17, 15) is 4.79 Å². The molecule has 0 aliphatic carbocycles. The molecule has 1 aromatic rings. The van der Waals surface area contributed by atoms with Gasteiger partial charge in [0.15, 0.2) is 0 Å². The third-order valence-corrected chi connectivity index (χ3v) is 3.03. The van der Waals surface area contributed by atoms with Crippen LogP contribution in [0.3, 0.4) is 0 Å². The van der Waals surface area contributed by atoms with E-state index in [1.165, 1.54) is 0 Å². The average Bonchev–Trinajstić information content (AvgIpc) is 2.69. The second-order valence-electron chi connectivity index (χ2n) is 4.42. The fourth-order valence-electron chi connectivity index (χ4n) is 1.49. The lowest BCUT2D eigenvalue weighted by Gasteiger charge is -2.19. The first-order valence-electron chi connectivity index (χ1n) is 5.94. The predicted octanol–water partition coefficient (Wildman–Crippen LogP) is 0.729. The number of aromatic nitrogens is 2. The molecular formula is C12H21N3O2. The standard InChI is InChI=1S/C12H21N3O2/c1-5-10-6-11(15(4)14-10)12(17)13-9(3)8(2)7-16/h6,8-9,16H,5,7H2,1-4H3,(H,13,17). The Kier molecular flexibility index (Phi) is 4.69. The molecule has 0 spiro atoms. The Morgan fingerprint density at radius 1 is 1.59 bits per heavy atom. The lowest BCUT2D eigenvalue weighted by atomic mass is 10.1. The Labute approximate surface area is 102 Å². The van der Waals surface area contributed by atoms with E-state index < -0.39 is 0 Å². The van der Waals surface area contributed by atoms with Crippen molar-refractivity contribution in [1.29, 1.82) is 0 Å². The third kappa shape index (κ3) is 3.30. The number of aliphatic hydroxyl groups excluding tert-OH is 1. The van der Waals surface area contributed by atoms with Crippen molar-refractivity contribution in [2.75, 3.05) is 6.61 Å². The maximum atomic E-state index is 12.0. The zero-order valence-electron chi connectivity index (χ0n) is 10.9. The molecule has 0 aliphatic rings. The van der Waals surface area contributed by atoms with Gasteiger partial charge in [0.1, 0.15) is 5.69 Å². The fourth-order valence-corrected chi connectivity index (χ4v) is 1.49. The van der Waals surface area contributed by atoms with Crippen molar-refractivity contribution < 1.29 is 9.90 Å². The molecule has 5 heteroatoms. The number of aryl methyl sites for hydroxylation is 2. The molecule has 0 fully saturated rings. The van der Waals surface area contributed by atoms with E-state index in [-0.39, 0.29) is 24.5 Å². The van der Waals surface area contributed by atoms with Crippen molar-refractivity contribution in [1.82, 2.24) is 15.1 Å². The van der Waals surface area contributed by atoms with E-state index in [4.69, 9.17) is 5.11 Å². The molecule has 0 bridgehead atoms. The van der Waals surface area contributed by atoms with E-state index in [0.717, 1.165) is 12.1 Å². The molecule has 96 valence electrons. The molecule has 2 atom stereocenters. The highest BCUT2D eigenvalue weighted by Gasteiger charge is 2.18. The molecule has 2 unspecified atom stereocenters. The Morgan fingerprint density at radius 2 is 2.24 bits per heavy atom. The minimum Gasteiger partial charge on any atom is -0.396 e. The molecular weight excluding hydrogens is 218 g/mol. The molecule has 2 N–H and O–H groups in total. The van der Waals surface area contributed by atoms with Crippen molar-refractivity contribution in [3.8, 4) is 0 Å². The van der Waals surface area contributed by atoms with Crippen molar-refractivity contribution in [2.24, 2.45) is 13.0 Å². The maximum absolute atomic E-state index is 12.0. The summed E-state index contributed by atoms with van der Waals surface area (Å²) in [6.45, 7) is 5.84. The summed E-state index contributed by atoms with van der Waals surface area (Å²) < 4.78 is 1.59. The molecule has 0 aromatic carbocycles. The van der Waals surface area contributed by atoms with Gasteiger partial charge in [-0.1, -0.05) is 13.8 Å². The molecule has 1 rings (SSSR count). The molecule has 5 nitrogen and oxygen atoms in total. The number of hydrogen-bond acceptors (Lipinski definition) is 3. The highest BCUT2D eigenvalue weighted by molar-refractivity contribution is 5.92. The zero-order valence-corrected chi connectivity index (χ0v) is 10.9. The normalized spacial score (nSPS) is 14.4. The molecule has 1 amide bonds. The van der Waals surface area contributed by atoms with Gasteiger partial charge >= 0.3 is 0 Å². The summed E-state index contributed by atoms with van der Waals surface area (Å²) in [6, 6.07) is 1.73. The molecule has 0 radical (unpaired) electrons. The summed E-state index contributed by atoms with van der Waals surface area (Å²) in [6.07, 6.45) is 0.809. The first kappa shape index (κ1) is 13.7. The van der Waals surface area contributed by atoms with Gasteiger partial charge in [0, 0.05) is 19.7 Å². The van der Waals surface area contributed by atoms with Crippen LogP contribution in [0.4, 0.5) is 0 Å². The van der Waals surface area contributed by atoms with Crippen molar-refractivity contribution >= 4 is 5.91 Å². The number of carbonyl (C=O) groups is 1. The van der Waals surface area contributed by atoms with Gasteiger partial charge in [-0.05, 0) is 25.3 Å². The van der Waals surface area contributed by atoms with E-state index in [0.29, 0.717) is 5.69 Å². The van der Waals surface area contributed by atoms with Crippen LogP contribution in [0.5, 0.6) is 0 Å². The summed E-state index contributed by atoms with van der Waals surface area (Å²) in [5, 5.41) is 16.1. The number of rotatable bonds is 5. The van der Waals surface area contributed by atoms with Crippen LogP contribution in [0.25, 0.3) is 0 Å². The summed E-state index contributed by atoms with van der Waals surface area (Å²) in [7, 11) is 1.76. The SMILES string of the molecule is CCc1cc(C(=O)NC(C)C(C)CO)n(C)n1. The second kappa shape index (κ2) is 5.82. The van der Waals surface area contributed by atoms with Gasteiger partial charge < -0.3 is 10.4 Å². The summed E-state index contributed by atoms with van der Waals surface area (Å²) in [5.41, 5.74) is 1.46. The van der Waals surface area contributed by atoms with Crippen LogP contribution < -0.4 is 5.32 Å². The summed E-state index contributed by atoms with van der Waals surface area (Å²) in [5.74, 6) is -0.106.